The van der Waals surface area contributed by atoms with E-state index in [0.717, 1.165) is 11.1 Å². The van der Waals surface area contributed by atoms with Crippen molar-refractivity contribution in [3.05, 3.63) is 34.9 Å². The average molecular weight is 221 g/mol. The van der Waals surface area contributed by atoms with E-state index in [4.69, 9.17) is 5.11 Å². The fourth-order valence-electron chi connectivity index (χ4n) is 1.74. The minimum Gasteiger partial charge on any atom is -0.480 e. The molecule has 1 unspecified atom stereocenters. The Bertz CT molecular complexity index is 386. The predicted molar refractivity (Wildman–Crippen MR) is 64.7 cm³/mol. The Labute approximate surface area is 96.5 Å². The van der Waals surface area contributed by atoms with Crippen molar-refractivity contribution in [2.45, 2.75) is 32.7 Å². The topological polar surface area (TPSA) is 49.3 Å². The zero-order valence-electron chi connectivity index (χ0n) is 10.2. The molecule has 0 saturated carbocycles. The normalized spacial score (nSPS) is 12.8. The lowest BCUT2D eigenvalue weighted by Gasteiger charge is -2.17. The molecule has 1 aromatic carbocycles. The number of rotatable bonds is 4. The molecule has 0 aliphatic heterocycles. The average Bonchev–Trinajstić information content (AvgIpc) is 2.20. The van der Waals surface area contributed by atoms with E-state index in [9.17, 15) is 4.79 Å². The Morgan fingerprint density at radius 2 is 2.00 bits per heavy atom. The molecular formula is C13H19NO2. The first-order chi connectivity index (χ1) is 7.47. The molecular weight excluding hydrogens is 202 g/mol. The van der Waals surface area contributed by atoms with Crippen LogP contribution in [0.25, 0.3) is 0 Å². The Morgan fingerprint density at radius 1 is 1.38 bits per heavy atom. The van der Waals surface area contributed by atoms with E-state index < -0.39 is 12.0 Å². The van der Waals surface area contributed by atoms with Crippen molar-refractivity contribution in [2.24, 2.45) is 0 Å². The highest BCUT2D eigenvalue weighted by Crippen LogP contribution is 2.23. The highest BCUT2D eigenvalue weighted by molar-refractivity contribution is 5.76. The summed E-state index contributed by atoms with van der Waals surface area (Å²) in [6.07, 6.45) is 0. The molecule has 3 nitrogen and oxygen atoms in total. The summed E-state index contributed by atoms with van der Waals surface area (Å²) < 4.78 is 0. The summed E-state index contributed by atoms with van der Waals surface area (Å²) in [7, 11) is 1.67. The van der Waals surface area contributed by atoms with Gasteiger partial charge in [0.1, 0.15) is 6.04 Å². The van der Waals surface area contributed by atoms with Gasteiger partial charge in [0.15, 0.2) is 0 Å². The third kappa shape index (κ3) is 2.61. The van der Waals surface area contributed by atoms with E-state index in [2.05, 4.69) is 25.2 Å². The Balaban J connectivity index is 3.19. The lowest BCUT2D eigenvalue weighted by molar-refractivity contribution is -0.139. The first kappa shape index (κ1) is 12.7. The van der Waals surface area contributed by atoms with Crippen LogP contribution in [0, 0.1) is 6.92 Å². The van der Waals surface area contributed by atoms with Gasteiger partial charge in [-0.15, -0.1) is 0 Å². The van der Waals surface area contributed by atoms with Crippen LogP contribution in [0.15, 0.2) is 18.2 Å². The monoisotopic (exact) mass is 221 g/mol. The minimum atomic E-state index is -0.841. The molecule has 16 heavy (non-hydrogen) atoms. The summed E-state index contributed by atoms with van der Waals surface area (Å²) in [5, 5.41) is 11.9. The zero-order chi connectivity index (χ0) is 12.3. The van der Waals surface area contributed by atoms with Gasteiger partial charge in [-0.25, -0.2) is 0 Å². The first-order valence-corrected chi connectivity index (χ1v) is 5.48. The van der Waals surface area contributed by atoms with E-state index in [-0.39, 0.29) is 0 Å². The van der Waals surface area contributed by atoms with Crippen LogP contribution < -0.4 is 5.32 Å². The quantitative estimate of drug-likeness (QED) is 0.821. The highest BCUT2D eigenvalue weighted by atomic mass is 16.4. The molecule has 3 heteroatoms. The Morgan fingerprint density at radius 3 is 2.44 bits per heavy atom. The van der Waals surface area contributed by atoms with Crippen molar-refractivity contribution in [2.75, 3.05) is 7.05 Å². The van der Waals surface area contributed by atoms with Crippen LogP contribution >= 0.6 is 0 Å². The van der Waals surface area contributed by atoms with Crippen LogP contribution in [0.5, 0.6) is 0 Å². The summed E-state index contributed by atoms with van der Waals surface area (Å²) in [5.41, 5.74) is 3.02. The zero-order valence-corrected chi connectivity index (χ0v) is 10.2. The number of aliphatic carboxylic acids is 1. The summed E-state index contributed by atoms with van der Waals surface area (Å²) >= 11 is 0. The summed E-state index contributed by atoms with van der Waals surface area (Å²) in [6, 6.07) is 5.39. The molecule has 0 aliphatic rings. The summed E-state index contributed by atoms with van der Waals surface area (Å²) in [6.45, 7) is 6.14. The number of carboxylic acids is 1. The van der Waals surface area contributed by atoms with Gasteiger partial charge in [-0.05, 0) is 36.6 Å². The maximum atomic E-state index is 11.1. The van der Waals surface area contributed by atoms with Crippen LogP contribution in [-0.2, 0) is 4.79 Å². The van der Waals surface area contributed by atoms with Crippen molar-refractivity contribution in [1.82, 2.24) is 5.32 Å². The van der Waals surface area contributed by atoms with Crippen LogP contribution in [0.3, 0.4) is 0 Å². The van der Waals surface area contributed by atoms with Gasteiger partial charge in [-0.1, -0.05) is 32.0 Å². The Kier molecular flexibility index (Phi) is 4.07. The van der Waals surface area contributed by atoms with Gasteiger partial charge in [0.2, 0.25) is 0 Å². The van der Waals surface area contributed by atoms with Gasteiger partial charge in [-0.3, -0.25) is 4.79 Å². The molecule has 2 N–H and O–H groups in total. The van der Waals surface area contributed by atoms with Gasteiger partial charge < -0.3 is 10.4 Å². The number of nitrogens with one attached hydrogen (secondary N) is 1. The number of carboxylic acid groups (broad SMARTS) is 1. The second-order valence-corrected chi connectivity index (χ2v) is 4.33. The lowest BCUT2D eigenvalue weighted by atomic mass is 9.94. The van der Waals surface area contributed by atoms with Crippen LogP contribution in [0.1, 0.15) is 42.5 Å². The van der Waals surface area contributed by atoms with Gasteiger partial charge in [-0.2, -0.15) is 0 Å². The van der Waals surface area contributed by atoms with Gasteiger partial charge in [0, 0.05) is 0 Å². The SMILES string of the molecule is CNC(C(=O)O)c1cc(C(C)C)ccc1C. The molecule has 0 aliphatic carbocycles. The maximum Gasteiger partial charge on any atom is 0.325 e. The van der Waals surface area contributed by atoms with Crippen LogP contribution in [0.4, 0.5) is 0 Å². The van der Waals surface area contributed by atoms with Gasteiger partial charge in [0.25, 0.3) is 0 Å². The standard InChI is InChI=1S/C13H19NO2/c1-8(2)10-6-5-9(3)11(7-10)12(14-4)13(15)16/h5-8,12,14H,1-4H3,(H,15,16). The molecule has 0 fully saturated rings. The van der Waals surface area contributed by atoms with E-state index in [0.29, 0.717) is 5.92 Å². The predicted octanol–water partition coefficient (Wildman–Crippen LogP) is 2.46. The molecule has 0 spiro atoms. The molecule has 1 aromatic rings. The van der Waals surface area contributed by atoms with Crippen molar-refractivity contribution in [1.29, 1.82) is 0 Å². The van der Waals surface area contributed by atoms with Crippen LogP contribution in [0.2, 0.25) is 0 Å². The summed E-state index contributed by atoms with van der Waals surface area (Å²) in [5.74, 6) is -0.433. The molecule has 0 heterocycles. The number of benzene rings is 1. The fourth-order valence-corrected chi connectivity index (χ4v) is 1.74. The number of carbonyl (C=O) groups is 1. The highest BCUT2D eigenvalue weighted by Gasteiger charge is 2.19. The van der Waals surface area contributed by atoms with Crippen molar-refractivity contribution in [3.63, 3.8) is 0 Å². The molecule has 1 atom stereocenters. The van der Waals surface area contributed by atoms with Crippen molar-refractivity contribution < 1.29 is 9.90 Å². The number of aryl methyl sites for hydroxylation is 1. The van der Waals surface area contributed by atoms with Crippen LogP contribution in [-0.4, -0.2) is 18.1 Å². The second-order valence-electron chi connectivity index (χ2n) is 4.33. The third-order valence-electron chi connectivity index (χ3n) is 2.82. The fraction of sp³-hybridized carbons (Fsp3) is 0.462. The smallest absolute Gasteiger partial charge is 0.325 e. The molecule has 0 amide bonds. The number of likely N-dealkylation sites (N-methyl/N-ethyl adjacent to an activating group) is 1. The maximum absolute atomic E-state index is 11.1. The summed E-state index contributed by atoms with van der Waals surface area (Å²) in [4.78, 5) is 11.1. The van der Waals surface area contributed by atoms with Gasteiger partial charge >= 0.3 is 5.97 Å². The van der Waals surface area contributed by atoms with E-state index in [1.54, 1.807) is 7.05 Å². The van der Waals surface area contributed by atoms with Crippen molar-refractivity contribution in [3.8, 4) is 0 Å². The largest absolute Gasteiger partial charge is 0.480 e. The molecule has 88 valence electrons. The molecule has 0 bridgehead atoms. The second kappa shape index (κ2) is 5.12. The third-order valence-corrected chi connectivity index (χ3v) is 2.82. The number of hydrogen-bond acceptors (Lipinski definition) is 2. The van der Waals surface area contributed by atoms with Gasteiger partial charge in [0.05, 0.1) is 0 Å². The molecule has 0 saturated heterocycles. The molecule has 1 rings (SSSR count). The number of hydrogen-bond donors (Lipinski definition) is 2. The van der Waals surface area contributed by atoms with E-state index in [1.807, 2.05) is 19.1 Å². The van der Waals surface area contributed by atoms with Crippen molar-refractivity contribution >= 4 is 5.97 Å². The Hall–Kier alpha value is -1.35. The molecule has 0 radical (unpaired) electrons. The van der Waals surface area contributed by atoms with E-state index >= 15 is 0 Å². The first-order valence-electron chi connectivity index (χ1n) is 5.48. The van der Waals surface area contributed by atoms with E-state index in [1.165, 1.54) is 5.56 Å². The molecule has 0 aromatic heterocycles. The minimum absolute atomic E-state index is 0.408. The lowest BCUT2D eigenvalue weighted by Crippen LogP contribution is -2.25.